The van der Waals surface area contributed by atoms with Gasteiger partial charge in [0.1, 0.15) is 5.56 Å². The highest BCUT2D eigenvalue weighted by Gasteiger charge is 2.26. The van der Waals surface area contributed by atoms with Crippen LogP contribution in [0.1, 0.15) is 73.9 Å². The van der Waals surface area contributed by atoms with Crippen molar-refractivity contribution in [2.75, 3.05) is 0 Å². The molecule has 0 saturated carbocycles. The molecule has 0 aliphatic carbocycles. The minimum absolute atomic E-state index is 0.234. The largest absolute Gasteiger partial charge is 0.504 e. The van der Waals surface area contributed by atoms with E-state index in [0.29, 0.717) is 18.4 Å². The van der Waals surface area contributed by atoms with Crippen LogP contribution in [0.25, 0.3) is 0 Å². The van der Waals surface area contributed by atoms with Crippen LogP contribution in [0.2, 0.25) is 0 Å². The van der Waals surface area contributed by atoms with Crippen LogP contribution < -0.4 is 0 Å². The maximum absolute atomic E-state index is 14.3. The molecule has 0 aliphatic heterocycles. The van der Waals surface area contributed by atoms with E-state index in [0.717, 1.165) is 38.5 Å². The molecular formula is C17H25FO4. The molecule has 0 heterocycles. The summed E-state index contributed by atoms with van der Waals surface area (Å²) in [7, 11) is 0. The summed E-state index contributed by atoms with van der Waals surface area (Å²) in [6, 6.07) is 0. The van der Waals surface area contributed by atoms with E-state index in [9.17, 15) is 24.5 Å². The number of carboxylic acid groups (broad SMARTS) is 1. The maximum Gasteiger partial charge on any atom is 0.339 e. The van der Waals surface area contributed by atoms with Gasteiger partial charge < -0.3 is 15.3 Å². The summed E-state index contributed by atoms with van der Waals surface area (Å²) in [5, 5.41) is 28.8. The number of hydrogen-bond donors (Lipinski definition) is 3. The van der Waals surface area contributed by atoms with Gasteiger partial charge in [-0.1, -0.05) is 39.5 Å². The molecular weight excluding hydrogens is 287 g/mol. The fraction of sp³-hybridized carbons (Fsp3) is 0.588. The summed E-state index contributed by atoms with van der Waals surface area (Å²) >= 11 is 0. The number of unbranched alkanes of at least 4 members (excludes halogenated alkanes) is 4. The maximum atomic E-state index is 14.3. The molecule has 0 saturated heterocycles. The molecule has 0 fully saturated rings. The van der Waals surface area contributed by atoms with Crippen molar-refractivity contribution in [2.24, 2.45) is 0 Å². The second-order valence-electron chi connectivity index (χ2n) is 5.56. The van der Waals surface area contributed by atoms with Gasteiger partial charge >= 0.3 is 5.97 Å². The summed E-state index contributed by atoms with van der Waals surface area (Å²) in [6.45, 7) is 4.05. The summed E-state index contributed by atoms with van der Waals surface area (Å²) in [5.74, 6) is -4.04. The zero-order chi connectivity index (χ0) is 16.7. The second kappa shape index (κ2) is 8.61. The number of hydrogen-bond acceptors (Lipinski definition) is 3. The highest BCUT2D eigenvalue weighted by Crippen LogP contribution is 2.39. The second-order valence-corrected chi connectivity index (χ2v) is 5.56. The number of carboxylic acids is 1. The van der Waals surface area contributed by atoms with E-state index in [1.165, 1.54) is 0 Å². The summed E-state index contributed by atoms with van der Waals surface area (Å²) < 4.78 is 14.3. The predicted octanol–water partition coefficient (Wildman–Crippen LogP) is 4.40. The molecule has 0 amide bonds. The lowest BCUT2D eigenvalue weighted by Gasteiger charge is -2.17. The van der Waals surface area contributed by atoms with Gasteiger partial charge in [-0.3, -0.25) is 0 Å². The van der Waals surface area contributed by atoms with Crippen molar-refractivity contribution in [3.8, 4) is 11.5 Å². The minimum Gasteiger partial charge on any atom is -0.504 e. The van der Waals surface area contributed by atoms with Crippen molar-refractivity contribution in [1.82, 2.24) is 0 Å². The van der Waals surface area contributed by atoms with Gasteiger partial charge in [0.2, 0.25) is 0 Å². The first kappa shape index (κ1) is 18.3. The average molecular weight is 312 g/mol. The van der Waals surface area contributed by atoms with Gasteiger partial charge in [0.05, 0.1) is 0 Å². The molecule has 0 aliphatic rings. The summed E-state index contributed by atoms with van der Waals surface area (Å²) in [6.07, 6.45) is 5.92. The number of halogens is 1. The molecule has 124 valence electrons. The quantitative estimate of drug-likeness (QED) is 0.466. The van der Waals surface area contributed by atoms with Gasteiger partial charge in [-0.05, 0) is 36.8 Å². The van der Waals surface area contributed by atoms with E-state index in [2.05, 4.69) is 0 Å². The highest BCUT2D eigenvalue weighted by molar-refractivity contribution is 5.94. The van der Waals surface area contributed by atoms with E-state index in [4.69, 9.17) is 0 Å². The van der Waals surface area contributed by atoms with Crippen LogP contribution in [0.15, 0.2) is 0 Å². The number of aromatic carboxylic acids is 1. The molecule has 0 unspecified atom stereocenters. The van der Waals surface area contributed by atoms with Gasteiger partial charge in [0, 0.05) is 0 Å². The SMILES string of the molecule is CCCCCc1c(F)c(O)c(O)c(C(=O)O)c1CCCCC. The standard InChI is InChI=1S/C17H25FO4/c1-3-5-7-9-11-12(10-8-6-4-2)14(18)16(20)15(19)13(11)17(21)22/h19-20H,3-10H2,1-2H3,(H,21,22). The van der Waals surface area contributed by atoms with E-state index in [-0.39, 0.29) is 11.1 Å². The zero-order valence-corrected chi connectivity index (χ0v) is 13.3. The van der Waals surface area contributed by atoms with Gasteiger partial charge in [-0.2, -0.15) is 0 Å². The van der Waals surface area contributed by atoms with Crippen LogP contribution >= 0.6 is 0 Å². The molecule has 1 aromatic rings. The number of benzene rings is 1. The van der Waals surface area contributed by atoms with Crippen LogP contribution in [0.3, 0.4) is 0 Å². The topological polar surface area (TPSA) is 77.8 Å². The molecule has 1 rings (SSSR count). The van der Waals surface area contributed by atoms with Crippen molar-refractivity contribution in [1.29, 1.82) is 0 Å². The van der Waals surface area contributed by atoms with E-state index in [1.807, 2.05) is 13.8 Å². The first-order chi connectivity index (χ1) is 10.5. The van der Waals surface area contributed by atoms with Gasteiger partial charge in [-0.15, -0.1) is 0 Å². The predicted molar refractivity (Wildman–Crippen MR) is 83.1 cm³/mol. The zero-order valence-electron chi connectivity index (χ0n) is 13.3. The Kier molecular flexibility index (Phi) is 7.15. The summed E-state index contributed by atoms with van der Waals surface area (Å²) in [4.78, 5) is 11.4. The van der Waals surface area contributed by atoms with E-state index >= 15 is 0 Å². The number of rotatable bonds is 9. The van der Waals surface area contributed by atoms with Crippen LogP contribution in [-0.2, 0) is 12.8 Å². The third-order valence-corrected chi connectivity index (χ3v) is 3.87. The molecule has 0 atom stereocenters. The third kappa shape index (κ3) is 4.12. The lowest BCUT2D eigenvalue weighted by Crippen LogP contribution is -2.10. The van der Waals surface area contributed by atoms with Crippen molar-refractivity contribution in [3.05, 3.63) is 22.5 Å². The summed E-state index contributed by atoms with van der Waals surface area (Å²) in [5.41, 5.74) is 0.198. The Morgan fingerprint density at radius 3 is 1.86 bits per heavy atom. The van der Waals surface area contributed by atoms with Crippen molar-refractivity contribution in [3.63, 3.8) is 0 Å². The average Bonchev–Trinajstić information content (AvgIpc) is 2.48. The van der Waals surface area contributed by atoms with E-state index in [1.54, 1.807) is 0 Å². The molecule has 1 aromatic carbocycles. The molecule has 22 heavy (non-hydrogen) atoms. The number of phenols is 2. The lowest BCUT2D eigenvalue weighted by atomic mass is 9.91. The third-order valence-electron chi connectivity index (χ3n) is 3.87. The Morgan fingerprint density at radius 1 is 0.909 bits per heavy atom. The normalized spacial score (nSPS) is 10.9. The van der Waals surface area contributed by atoms with Gasteiger partial charge in [0.25, 0.3) is 0 Å². The van der Waals surface area contributed by atoms with Crippen LogP contribution in [0.4, 0.5) is 4.39 Å². The monoisotopic (exact) mass is 312 g/mol. The number of carbonyl (C=O) groups is 1. The highest BCUT2D eigenvalue weighted by atomic mass is 19.1. The molecule has 0 radical (unpaired) electrons. The first-order valence-corrected chi connectivity index (χ1v) is 7.94. The van der Waals surface area contributed by atoms with E-state index < -0.39 is 23.3 Å². The Hall–Kier alpha value is -1.78. The smallest absolute Gasteiger partial charge is 0.339 e. The Morgan fingerprint density at radius 2 is 1.41 bits per heavy atom. The Balaban J connectivity index is 3.32. The molecule has 0 spiro atoms. The Bertz CT molecular complexity index is 526. The van der Waals surface area contributed by atoms with Crippen LogP contribution in [0.5, 0.6) is 11.5 Å². The molecule has 3 N–H and O–H groups in total. The lowest BCUT2D eigenvalue weighted by molar-refractivity contribution is 0.0691. The van der Waals surface area contributed by atoms with Gasteiger partial charge in [-0.25, -0.2) is 9.18 Å². The van der Waals surface area contributed by atoms with Crippen LogP contribution in [-0.4, -0.2) is 21.3 Å². The van der Waals surface area contributed by atoms with Crippen LogP contribution in [0, 0.1) is 5.82 Å². The molecule has 0 bridgehead atoms. The van der Waals surface area contributed by atoms with Crippen molar-refractivity contribution >= 4 is 5.97 Å². The minimum atomic E-state index is -1.34. The fourth-order valence-corrected chi connectivity index (χ4v) is 2.66. The fourth-order valence-electron chi connectivity index (χ4n) is 2.66. The number of phenolic OH excluding ortho intramolecular Hbond substituents is 1. The molecule has 0 aromatic heterocycles. The van der Waals surface area contributed by atoms with Gasteiger partial charge in [0.15, 0.2) is 17.3 Å². The first-order valence-electron chi connectivity index (χ1n) is 7.94. The van der Waals surface area contributed by atoms with Crippen molar-refractivity contribution < 1.29 is 24.5 Å². The number of aromatic hydroxyl groups is 2. The molecule has 5 heteroatoms. The Labute approximate surface area is 130 Å². The molecule has 4 nitrogen and oxygen atoms in total. The van der Waals surface area contributed by atoms with Crippen molar-refractivity contribution in [2.45, 2.75) is 65.2 Å².